The topological polar surface area (TPSA) is 95.6 Å². The quantitative estimate of drug-likeness (QED) is 0.340. The number of carbonyl (C=O) groups excluding carboxylic acids is 1. The molecule has 2 aromatic rings. The van der Waals surface area contributed by atoms with Crippen molar-refractivity contribution >= 4 is 17.3 Å². The summed E-state index contributed by atoms with van der Waals surface area (Å²) in [5.74, 6) is -0.344. The number of amides is 1. The van der Waals surface area contributed by atoms with Gasteiger partial charge < -0.3 is 21.3 Å². The Hall–Kier alpha value is -2.69. The van der Waals surface area contributed by atoms with Crippen LogP contribution in [0.1, 0.15) is 55.4 Å². The van der Waals surface area contributed by atoms with Gasteiger partial charge in [0, 0.05) is 17.0 Å². The lowest BCUT2D eigenvalue weighted by Gasteiger charge is -2.25. The van der Waals surface area contributed by atoms with E-state index < -0.39 is 0 Å². The van der Waals surface area contributed by atoms with Gasteiger partial charge in [-0.3, -0.25) is 4.79 Å². The molecule has 150 valence electrons. The van der Waals surface area contributed by atoms with E-state index in [-0.39, 0.29) is 34.7 Å². The number of nitrogen functional groups attached to an aromatic ring is 1. The maximum atomic E-state index is 13.0. The number of phenols is 2. The van der Waals surface area contributed by atoms with E-state index in [4.69, 9.17) is 5.73 Å². The second-order valence-corrected chi connectivity index (χ2v) is 7.64. The van der Waals surface area contributed by atoms with Crippen LogP contribution >= 0.6 is 0 Å². The fourth-order valence-corrected chi connectivity index (χ4v) is 4.11. The number of nitrogens with two attached hydrogens (primary N) is 1. The molecular formula is C23H30N2O3. The molecule has 1 aliphatic rings. The van der Waals surface area contributed by atoms with Crippen LogP contribution in [0.25, 0.3) is 0 Å². The van der Waals surface area contributed by atoms with Crippen LogP contribution < -0.4 is 11.1 Å². The van der Waals surface area contributed by atoms with Crippen molar-refractivity contribution in [2.24, 2.45) is 5.92 Å². The van der Waals surface area contributed by atoms with E-state index in [9.17, 15) is 15.0 Å². The number of aryl methyl sites for hydroxylation is 1. The third-order valence-electron chi connectivity index (χ3n) is 5.65. The third kappa shape index (κ3) is 3.79. The minimum absolute atomic E-state index is 0.0586. The average molecular weight is 383 g/mol. The number of hydrogen-bond donors (Lipinski definition) is 4. The lowest BCUT2D eigenvalue weighted by molar-refractivity contribution is -0.120. The van der Waals surface area contributed by atoms with Gasteiger partial charge in [0.25, 0.3) is 0 Å². The molecule has 0 radical (unpaired) electrons. The van der Waals surface area contributed by atoms with Crippen LogP contribution in [0.5, 0.6) is 11.5 Å². The van der Waals surface area contributed by atoms with Gasteiger partial charge in [-0.05, 0) is 43.2 Å². The van der Waals surface area contributed by atoms with Crippen molar-refractivity contribution in [2.45, 2.75) is 58.8 Å². The lowest BCUT2D eigenvalue weighted by Crippen LogP contribution is -2.28. The Morgan fingerprint density at radius 3 is 2.39 bits per heavy atom. The Balaban J connectivity index is 1.90. The van der Waals surface area contributed by atoms with Crippen molar-refractivity contribution in [3.05, 3.63) is 46.5 Å². The minimum Gasteiger partial charge on any atom is -0.507 e. The van der Waals surface area contributed by atoms with Gasteiger partial charge in [0.1, 0.15) is 17.2 Å². The zero-order chi connectivity index (χ0) is 20.3. The molecule has 2 aromatic carbocycles. The summed E-state index contributed by atoms with van der Waals surface area (Å²) in [6.45, 7) is 3.98. The number of fused-ring (bicyclic) bond motifs is 1. The first kappa shape index (κ1) is 20.1. The molecule has 0 aliphatic heterocycles. The number of phenolic OH excluding ortho intramolecular Hbond substituents is 2. The highest BCUT2D eigenvalue weighted by molar-refractivity contribution is 5.99. The summed E-state index contributed by atoms with van der Waals surface area (Å²) in [7, 11) is 0. The Bertz CT molecular complexity index is 843. The normalized spacial score (nSPS) is 15.9. The number of nitrogens with one attached hydrogen (secondary N) is 1. The van der Waals surface area contributed by atoms with Crippen molar-refractivity contribution in [1.82, 2.24) is 0 Å². The molecular weight excluding hydrogens is 352 g/mol. The van der Waals surface area contributed by atoms with Crippen LogP contribution in [0, 0.1) is 5.92 Å². The van der Waals surface area contributed by atoms with Gasteiger partial charge in [0.05, 0.1) is 5.69 Å². The van der Waals surface area contributed by atoms with E-state index in [1.807, 2.05) is 26.0 Å². The molecule has 3 rings (SSSR count). The Morgan fingerprint density at radius 1 is 1.07 bits per heavy atom. The van der Waals surface area contributed by atoms with Crippen LogP contribution in [-0.4, -0.2) is 16.1 Å². The molecule has 0 heterocycles. The molecule has 1 atom stereocenters. The van der Waals surface area contributed by atoms with Crippen LogP contribution in [0.2, 0.25) is 0 Å². The number of anilines is 2. The molecule has 5 nitrogen and oxygen atoms in total. The molecule has 5 N–H and O–H groups in total. The van der Waals surface area contributed by atoms with Gasteiger partial charge >= 0.3 is 0 Å². The van der Waals surface area contributed by atoms with Crippen molar-refractivity contribution < 1.29 is 15.0 Å². The average Bonchev–Trinajstić information content (AvgIpc) is 2.71. The fraction of sp³-hybridized carbons (Fsp3) is 0.435. The van der Waals surface area contributed by atoms with Gasteiger partial charge in [-0.15, -0.1) is 0 Å². The van der Waals surface area contributed by atoms with E-state index in [1.54, 1.807) is 0 Å². The number of carbonyl (C=O) groups is 1. The molecule has 1 unspecified atom stereocenters. The first-order chi connectivity index (χ1) is 13.5. The van der Waals surface area contributed by atoms with Gasteiger partial charge in [0.2, 0.25) is 5.91 Å². The predicted molar refractivity (Wildman–Crippen MR) is 113 cm³/mol. The summed E-state index contributed by atoms with van der Waals surface area (Å²) in [6.07, 6.45) is 5.01. The highest BCUT2D eigenvalue weighted by Crippen LogP contribution is 2.44. The minimum atomic E-state index is -0.160. The molecule has 0 saturated heterocycles. The van der Waals surface area contributed by atoms with E-state index in [0.717, 1.165) is 25.7 Å². The van der Waals surface area contributed by atoms with Crippen LogP contribution in [-0.2, 0) is 30.5 Å². The summed E-state index contributed by atoms with van der Waals surface area (Å²) in [5.41, 5.74) is 10.3. The van der Waals surface area contributed by atoms with Crippen LogP contribution in [0.3, 0.4) is 0 Å². The van der Waals surface area contributed by atoms with E-state index in [0.29, 0.717) is 30.4 Å². The maximum Gasteiger partial charge on any atom is 0.227 e. The van der Waals surface area contributed by atoms with Gasteiger partial charge in [-0.2, -0.15) is 0 Å². The number of aromatic hydroxyl groups is 2. The molecule has 0 bridgehead atoms. The first-order valence-electron chi connectivity index (χ1n) is 10.2. The van der Waals surface area contributed by atoms with E-state index in [1.165, 1.54) is 11.1 Å². The predicted octanol–water partition coefficient (Wildman–Crippen LogP) is 4.33. The second-order valence-electron chi connectivity index (χ2n) is 7.64. The summed E-state index contributed by atoms with van der Waals surface area (Å²) in [5, 5.41) is 24.2. The Labute approximate surface area is 166 Å². The number of rotatable bonds is 6. The van der Waals surface area contributed by atoms with E-state index in [2.05, 4.69) is 17.4 Å². The zero-order valence-corrected chi connectivity index (χ0v) is 16.7. The zero-order valence-electron chi connectivity index (χ0n) is 16.7. The van der Waals surface area contributed by atoms with Gasteiger partial charge in [-0.1, -0.05) is 51.0 Å². The van der Waals surface area contributed by atoms with Crippen LogP contribution in [0.4, 0.5) is 11.4 Å². The highest BCUT2D eigenvalue weighted by atomic mass is 16.3. The van der Waals surface area contributed by atoms with Crippen molar-refractivity contribution in [3.8, 4) is 11.5 Å². The fourth-order valence-electron chi connectivity index (χ4n) is 4.11. The van der Waals surface area contributed by atoms with Crippen molar-refractivity contribution in [1.29, 1.82) is 0 Å². The highest BCUT2D eigenvalue weighted by Gasteiger charge is 2.28. The van der Waals surface area contributed by atoms with Crippen molar-refractivity contribution in [3.63, 3.8) is 0 Å². The Kier molecular flexibility index (Phi) is 6.12. The summed E-state index contributed by atoms with van der Waals surface area (Å²) < 4.78 is 0. The molecule has 0 spiro atoms. The monoisotopic (exact) mass is 382 g/mol. The van der Waals surface area contributed by atoms with Gasteiger partial charge in [-0.25, -0.2) is 0 Å². The number of benzene rings is 2. The first-order valence-corrected chi connectivity index (χ1v) is 10.2. The molecule has 0 fully saturated rings. The molecule has 5 heteroatoms. The molecule has 1 amide bonds. The summed E-state index contributed by atoms with van der Waals surface area (Å²) in [4.78, 5) is 13.0. The smallest absolute Gasteiger partial charge is 0.227 e. The number of hydrogen-bond acceptors (Lipinski definition) is 4. The third-order valence-corrected chi connectivity index (χ3v) is 5.65. The molecule has 0 saturated carbocycles. The Morgan fingerprint density at radius 2 is 1.71 bits per heavy atom. The standard InChI is InChI=1S/C23H30N2O3/c1-3-7-17-19(24)20(22(27)18(8-4-2)21(17)26)25-23(28)16-12-11-14-9-5-6-10-15(14)13-16/h5-6,9-10,16,26-27H,3-4,7-8,11-13,24H2,1-2H3,(H,25,28). The maximum absolute atomic E-state index is 13.0. The SMILES string of the molecule is CCCc1c(N)c(NC(=O)C2CCc3ccccc3C2)c(O)c(CCC)c1O. The summed E-state index contributed by atoms with van der Waals surface area (Å²) in [6, 6.07) is 8.21. The molecule has 28 heavy (non-hydrogen) atoms. The summed E-state index contributed by atoms with van der Waals surface area (Å²) >= 11 is 0. The molecule has 0 aromatic heterocycles. The largest absolute Gasteiger partial charge is 0.507 e. The lowest BCUT2D eigenvalue weighted by atomic mass is 9.83. The van der Waals surface area contributed by atoms with Crippen LogP contribution in [0.15, 0.2) is 24.3 Å². The van der Waals surface area contributed by atoms with E-state index >= 15 is 0 Å². The van der Waals surface area contributed by atoms with Crippen molar-refractivity contribution in [2.75, 3.05) is 11.1 Å². The van der Waals surface area contributed by atoms with Gasteiger partial charge in [0.15, 0.2) is 0 Å². The molecule has 1 aliphatic carbocycles. The second kappa shape index (κ2) is 8.55.